The van der Waals surface area contributed by atoms with Crippen LogP contribution in [0.1, 0.15) is 0 Å². The first-order valence-electron chi connectivity index (χ1n) is 2.91. The van der Waals surface area contributed by atoms with Gasteiger partial charge in [0.15, 0.2) is 0 Å². The molecule has 9 heavy (non-hydrogen) atoms. The van der Waals surface area contributed by atoms with Crippen molar-refractivity contribution >= 4 is 8.72 Å². The smallest absolute Gasteiger partial charge is 0.314 e. The monoisotopic (exact) mass is 148 g/mol. The van der Waals surface area contributed by atoms with E-state index in [1.807, 2.05) is 32.8 Å². The molecule has 5 heteroatoms. The van der Waals surface area contributed by atoms with E-state index in [0.717, 1.165) is 0 Å². The molecule has 0 aliphatic rings. The molecule has 4 nitrogen and oxygen atoms in total. The van der Waals surface area contributed by atoms with Gasteiger partial charge in [0.25, 0.3) is 0 Å². The quantitative estimate of drug-likeness (QED) is 0.421. The highest BCUT2D eigenvalue weighted by Crippen LogP contribution is 1.83. The second-order valence-electron chi connectivity index (χ2n) is 2.16. The summed E-state index contributed by atoms with van der Waals surface area (Å²) in [5, 5.41) is 5.88. The molecule has 0 amide bonds. The van der Waals surface area contributed by atoms with Gasteiger partial charge in [-0.25, -0.2) is 0 Å². The van der Waals surface area contributed by atoms with Gasteiger partial charge in [-0.05, 0) is 28.2 Å². The van der Waals surface area contributed by atoms with Crippen LogP contribution in [0.15, 0.2) is 0 Å². The fraction of sp³-hybridized carbons (Fsp3) is 1.00. The third-order valence-electron chi connectivity index (χ3n) is 1.47. The Bertz CT molecular complexity index is 80.6. The molecule has 4 N–H and O–H groups in total. The van der Waals surface area contributed by atoms with Gasteiger partial charge in [-0.15, -0.1) is 0 Å². The Hall–Kier alpha value is 0.0569. The van der Waals surface area contributed by atoms with Crippen molar-refractivity contribution in [2.45, 2.75) is 0 Å². The molecule has 0 radical (unpaired) electrons. The maximum Gasteiger partial charge on any atom is 0.365 e. The molecule has 0 aliphatic carbocycles. The molecule has 0 atom stereocenters. The van der Waals surface area contributed by atoms with E-state index in [0.29, 0.717) is 0 Å². The Balaban J connectivity index is 3.92. The second kappa shape index (κ2) is 3.28. The Labute approximate surface area is 57.7 Å². The summed E-state index contributed by atoms with van der Waals surface area (Å²) in [6.45, 7) is 0. The second-order valence-corrected chi connectivity index (χ2v) is 5.59. The standard InChI is InChI=1S/C4H16N4Si/c1-6-9(5,7-2)8(3)4/h6-7H,5H2,1-4H3. The molecule has 0 bridgehead atoms. The van der Waals surface area contributed by atoms with Crippen LogP contribution >= 0.6 is 0 Å². The van der Waals surface area contributed by atoms with Crippen molar-refractivity contribution < 1.29 is 0 Å². The van der Waals surface area contributed by atoms with Crippen LogP contribution in [0.3, 0.4) is 0 Å². The van der Waals surface area contributed by atoms with Crippen molar-refractivity contribution in [1.82, 2.24) is 14.5 Å². The van der Waals surface area contributed by atoms with Crippen LogP contribution in [0, 0.1) is 0 Å². The number of nitrogens with zero attached hydrogens (tertiary/aromatic N) is 1. The summed E-state index contributed by atoms with van der Waals surface area (Å²) < 4.78 is 1.99. The van der Waals surface area contributed by atoms with Gasteiger partial charge in [0, 0.05) is 0 Å². The zero-order valence-electron chi connectivity index (χ0n) is 6.52. The van der Waals surface area contributed by atoms with Crippen LogP contribution in [0.25, 0.3) is 0 Å². The predicted molar refractivity (Wildman–Crippen MR) is 41.7 cm³/mol. The first kappa shape index (κ1) is 9.06. The van der Waals surface area contributed by atoms with Gasteiger partial charge < -0.3 is 15.4 Å². The minimum atomic E-state index is -1.94. The molecule has 0 aromatic heterocycles. The molecule has 56 valence electrons. The summed E-state index contributed by atoms with van der Waals surface area (Å²) in [5.41, 5.74) is 0. The predicted octanol–water partition coefficient (Wildman–Crippen LogP) is -1.62. The van der Waals surface area contributed by atoms with Crippen LogP contribution in [-0.2, 0) is 0 Å². The fourth-order valence-corrected chi connectivity index (χ4v) is 1.72. The lowest BCUT2D eigenvalue weighted by Crippen LogP contribution is -2.76. The van der Waals surface area contributed by atoms with Gasteiger partial charge in [-0.3, -0.25) is 4.57 Å². The lowest BCUT2D eigenvalue weighted by Gasteiger charge is -2.30. The highest BCUT2D eigenvalue weighted by Gasteiger charge is 2.28. The lowest BCUT2D eigenvalue weighted by molar-refractivity contribution is 0.572. The van der Waals surface area contributed by atoms with Crippen LogP contribution in [0.5, 0.6) is 0 Å². The first-order valence-corrected chi connectivity index (χ1v) is 4.93. The average molecular weight is 148 g/mol. The van der Waals surface area contributed by atoms with E-state index in [1.54, 1.807) is 0 Å². The van der Waals surface area contributed by atoms with Crippen LogP contribution in [0.4, 0.5) is 0 Å². The third kappa shape index (κ3) is 2.03. The number of rotatable bonds is 3. The minimum Gasteiger partial charge on any atom is -0.314 e. The highest BCUT2D eigenvalue weighted by atomic mass is 28.4. The average Bonchev–Trinajstić information content (AvgIpc) is 1.86. The minimum absolute atomic E-state index is 1.86. The van der Waals surface area contributed by atoms with Crippen LogP contribution in [0.2, 0.25) is 0 Å². The first-order chi connectivity index (χ1) is 4.06. The van der Waals surface area contributed by atoms with Gasteiger partial charge in [-0.1, -0.05) is 0 Å². The molecular weight excluding hydrogens is 132 g/mol. The molecule has 0 heterocycles. The molecule has 0 saturated carbocycles. The summed E-state index contributed by atoms with van der Waals surface area (Å²) in [4.78, 5) is 6.12. The Morgan fingerprint density at radius 1 is 1.22 bits per heavy atom. The zero-order chi connectivity index (χ0) is 7.49. The molecule has 0 saturated heterocycles. The van der Waals surface area contributed by atoms with Crippen molar-refractivity contribution in [2.24, 2.45) is 5.40 Å². The molecule has 0 aromatic rings. The lowest BCUT2D eigenvalue weighted by atomic mass is 11.3. The van der Waals surface area contributed by atoms with E-state index in [9.17, 15) is 0 Å². The van der Waals surface area contributed by atoms with Gasteiger partial charge in [0.05, 0.1) is 0 Å². The van der Waals surface area contributed by atoms with E-state index in [-0.39, 0.29) is 0 Å². The summed E-state index contributed by atoms with van der Waals surface area (Å²) in [7, 11) is 5.70. The summed E-state index contributed by atoms with van der Waals surface area (Å²) in [6, 6.07) is 0. The van der Waals surface area contributed by atoms with Crippen molar-refractivity contribution in [1.29, 1.82) is 0 Å². The number of nitrogens with one attached hydrogen (secondary N) is 2. The summed E-state index contributed by atoms with van der Waals surface area (Å²) >= 11 is 0. The Kier molecular flexibility index (Phi) is 3.30. The number of hydrogen-bond donors (Lipinski definition) is 3. The maximum atomic E-state index is 5.88. The number of hydrogen-bond acceptors (Lipinski definition) is 4. The van der Waals surface area contributed by atoms with E-state index in [1.165, 1.54) is 0 Å². The van der Waals surface area contributed by atoms with E-state index in [2.05, 4.69) is 9.96 Å². The molecule has 0 unspecified atom stereocenters. The van der Waals surface area contributed by atoms with Crippen molar-refractivity contribution in [3.63, 3.8) is 0 Å². The van der Waals surface area contributed by atoms with Crippen molar-refractivity contribution in [2.75, 3.05) is 28.2 Å². The van der Waals surface area contributed by atoms with E-state index >= 15 is 0 Å². The zero-order valence-corrected chi connectivity index (χ0v) is 7.52. The van der Waals surface area contributed by atoms with Crippen molar-refractivity contribution in [3.8, 4) is 0 Å². The van der Waals surface area contributed by atoms with Gasteiger partial charge in [0.2, 0.25) is 0 Å². The van der Waals surface area contributed by atoms with Crippen LogP contribution < -0.4 is 15.4 Å². The molecular formula is C4H16N4Si. The summed E-state index contributed by atoms with van der Waals surface area (Å²) in [6.07, 6.45) is 0. The molecule has 0 fully saturated rings. The van der Waals surface area contributed by atoms with Crippen molar-refractivity contribution in [3.05, 3.63) is 0 Å². The molecule has 0 aromatic carbocycles. The molecule has 0 rings (SSSR count). The fourth-order valence-electron chi connectivity index (χ4n) is 0.572. The Morgan fingerprint density at radius 2 is 1.56 bits per heavy atom. The van der Waals surface area contributed by atoms with E-state index < -0.39 is 8.72 Å². The third-order valence-corrected chi connectivity index (χ3v) is 4.40. The number of nitrogens with two attached hydrogens (primary N) is 1. The topological polar surface area (TPSA) is 53.3 Å². The Morgan fingerprint density at radius 3 is 1.56 bits per heavy atom. The SMILES string of the molecule is CN[Si](N)(NC)N(C)C. The van der Waals surface area contributed by atoms with Gasteiger partial charge in [0.1, 0.15) is 0 Å². The molecule has 0 spiro atoms. The van der Waals surface area contributed by atoms with Gasteiger partial charge >= 0.3 is 8.72 Å². The van der Waals surface area contributed by atoms with Crippen LogP contribution in [-0.4, -0.2) is 41.5 Å². The normalized spacial score (nSPS) is 12.7. The molecule has 0 aliphatic heterocycles. The largest absolute Gasteiger partial charge is 0.365 e. The van der Waals surface area contributed by atoms with E-state index in [4.69, 9.17) is 5.40 Å². The maximum absolute atomic E-state index is 5.88. The highest BCUT2D eigenvalue weighted by molar-refractivity contribution is 6.68. The van der Waals surface area contributed by atoms with Gasteiger partial charge in [-0.2, -0.15) is 0 Å². The summed E-state index contributed by atoms with van der Waals surface area (Å²) in [5.74, 6) is 0.